The van der Waals surface area contributed by atoms with E-state index in [1.807, 2.05) is 0 Å². The van der Waals surface area contributed by atoms with Crippen LogP contribution < -0.4 is 10.6 Å². The monoisotopic (exact) mass is 487 g/mol. The highest BCUT2D eigenvalue weighted by atomic mass is 14.7. The van der Waals surface area contributed by atoms with Gasteiger partial charge >= 0.3 is 0 Å². The first-order valence-corrected chi connectivity index (χ1v) is 14.8. The Bertz CT molecular complexity index is 1570. The van der Waals surface area contributed by atoms with Crippen LogP contribution in [0.5, 0.6) is 0 Å². The highest BCUT2D eigenvalue weighted by Crippen LogP contribution is 2.65. The summed E-state index contributed by atoms with van der Waals surface area (Å²) in [6, 6.07) is 16.6. The molecule has 1 heterocycles. The van der Waals surface area contributed by atoms with E-state index >= 15 is 0 Å². The summed E-state index contributed by atoms with van der Waals surface area (Å²) in [5, 5.41) is 5.24. The fraction of sp³-hybridized carbons (Fsp3) is 0.472. The van der Waals surface area contributed by atoms with Crippen molar-refractivity contribution in [2.45, 2.75) is 84.5 Å². The molecule has 2 saturated carbocycles. The van der Waals surface area contributed by atoms with E-state index in [-0.39, 0.29) is 0 Å². The molecule has 3 aromatic rings. The predicted octanol–water partition coefficient (Wildman–Crippen LogP) is 8.03. The van der Waals surface area contributed by atoms with Crippen LogP contribution in [0.1, 0.15) is 93.0 Å². The molecule has 0 amide bonds. The summed E-state index contributed by atoms with van der Waals surface area (Å²) in [4.78, 5) is 5.18. The van der Waals surface area contributed by atoms with Gasteiger partial charge in [-0.25, -0.2) is 0 Å². The van der Waals surface area contributed by atoms with E-state index in [0.29, 0.717) is 17.3 Å². The zero-order valence-corrected chi connectivity index (χ0v) is 23.3. The minimum atomic E-state index is 0.350. The van der Waals surface area contributed by atoms with E-state index in [1.165, 1.54) is 70.1 Å². The molecule has 0 spiro atoms. The fourth-order valence-corrected chi connectivity index (χ4v) is 8.81. The van der Waals surface area contributed by atoms with Gasteiger partial charge in [-0.2, -0.15) is 0 Å². The summed E-state index contributed by atoms with van der Waals surface area (Å²) in [6.07, 6.45) is 12.6. The Balaban J connectivity index is 1.63. The molecule has 3 aromatic carbocycles. The van der Waals surface area contributed by atoms with Gasteiger partial charge < -0.3 is 0 Å². The second kappa shape index (κ2) is 8.42. The van der Waals surface area contributed by atoms with Crippen LogP contribution in [0, 0.1) is 37.5 Å². The Labute approximate surface area is 222 Å². The first-order valence-electron chi connectivity index (χ1n) is 14.8. The van der Waals surface area contributed by atoms with Crippen molar-refractivity contribution >= 4 is 16.3 Å². The van der Waals surface area contributed by atoms with E-state index in [0.717, 1.165) is 24.2 Å². The number of hydrogen-bond acceptors (Lipinski definition) is 1. The predicted molar refractivity (Wildman–Crippen MR) is 155 cm³/mol. The van der Waals surface area contributed by atoms with E-state index in [4.69, 9.17) is 4.99 Å². The maximum absolute atomic E-state index is 5.18. The van der Waals surface area contributed by atoms with Crippen LogP contribution in [0.25, 0.3) is 16.3 Å². The topological polar surface area (TPSA) is 12.4 Å². The van der Waals surface area contributed by atoms with Crippen LogP contribution in [-0.4, -0.2) is 0 Å². The standard InChI is InChI=1S/C36H41N/c1-21(2)28-10-6-8-25-12-15-29-32-26(9-7-17-37-35(29)33(25)28)20-36(27-13-14-27,31-16-11-23(31)4)34-24(5)18-22(3)19-30(32)34/h6-8,10,12,15,17-19,21,23,26-27,31H,9,11,13-14,16,20H2,1-5H3/b17-7+,32-29+,37-35-/t23?,26?,31-,36?/m0/s1. The summed E-state index contributed by atoms with van der Waals surface area (Å²) in [6.45, 7) is 11.9. The number of benzene rings is 3. The molecule has 0 N–H and O–H groups in total. The third-order valence-corrected chi connectivity index (χ3v) is 10.5. The number of fused-ring (bicyclic) bond motifs is 6. The van der Waals surface area contributed by atoms with Crippen molar-refractivity contribution in [3.8, 4) is 0 Å². The molecule has 1 aliphatic heterocycles. The number of hydrogen-bond donors (Lipinski definition) is 0. The quantitative estimate of drug-likeness (QED) is 0.355. The van der Waals surface area contributed by atoms with Crippen LogP contribution in [0.2, 0.25) is 0 Å². The van der Waals surface area contributed by atoms with Crippen LogP contribution in [0.15, 0.2) is 59.7 Å². The first-order chi connectivity index (χ1) is 17.9. The highest BCUT2D eigenvalue weighted by Gasteiger charge is 2.58. The van der Waals surface area contributed by atoms with Gasteiger partial charge in [-0.1, -0.05) is 81.3 Å². The molecule has 0 bridgehead atoms. The van der Waals surface area contributed by atoms with Crippen molar-refractivity contribution in [1.29, 1.82) is 0 Å². The summed E-state index contributed by atoms with van der Waals surface area (Å²) < 4.78 is 0. The summed E-state index contributed by atoms with van der Waals surface area (Å²) >= 11 is 0. The van der Waals surface area contributed by atoms with Crippen molar-refractivity contribution in [2.24, 2.45) is 28.7 Å². The molecule has 3 aliphatic carbocycles. The zero-order chi connectivity index (χ0) is 25.5. The van der Waals surface area contributed by atoms with Gasteiger partial charge in [-0.3, -0.25) is 4.99 Å². The van der Waals surface area contributed by atoms with Gasteiger partial charge in [0.2, 0.25) is 0 Å². The number of rotatable bonds is 3. The van der Waals surface area contributed by atoms with Gasteiger partial charge in [-0.05, 0) is 109 Å². The number of allylic oxidation sites excluding steroid dienone is 1. The third-order valence-electron chi connectivity index (χ3n) is 10.5. The average molecular weight is 488 g/mol. The second-order valence-electron chi connectivity index (χ2n) is 13.1. The second-order valence-corrected chi connectivity index (χ2v) is 13.1. The molecule has 0 saturated heterocycles. The number of nitrogens with zero attached hydrogens (tertiary/aromatic N) is 1. The van der Waals surface area contributed by atoms with Crippen molar-refractivity contribution in [2.75, 3.05) is 0 Å². The summed E-state index contributed by atoms with van der Waals surface area (Å²) in [7, 11) is 0. The lowest BCUT2D eigenvalue weighted by molar-refractivity contribution is 0.0519. The molecule has 2 fully saturated rings. The molecule has 7 rings (SSSR count). The van der Waals surface area contributed by atoms with Gasteiger partial charge in [0.15, 0.2) is 0 Å². The molecule has 37 heavy (non-hydrogen) atoms. The van der Waals surface area contributed by atoms with Crippen molar-refractivity contribution < 1.29 is 0 Å². The Morgan fingerprint density at radius 3 is 2.51 bits per heavy atom. The van der Waals surface area contributed by atoms with Crippen LogP contribution in [0.4, 0.5) is 0 Å². The van der Waals surface area contributed by atoms with Crippen molar-refractivity contribution in [3.05, 3.63) is 93.1 Å². The largest absolute Gasteiger partial charge is 0.256 e. The van der Waals surface area contributed by atoms with Gasteiger partial charge in [0.1, 0.15) is 0 Å². The van der Waals surface area contributed by atoms with Gasteiger partial charge in [-0.15, -0.1) is 0 Å². The molecule has 190 valence electrons. The molecule has 0 radical (unpaired) electrons. The third kappa shape index (κ3) is 3.38. The fourth-order valence-electron chi connectivity index (χ4n) is 8.81. The van der Waals surface area contributed by atoms with E-state index in [1.54, 1.807) is 16.7 Å². The molecule has 1 nitrogen and oxygen atoms in total. The zero-order valence-electron chi connectivity index (χ0n) is 23.3. The van der Waals surface area contributed by atoms with Crippen molar-refractivity contribution in [1.82, 2.24) is 0 Å². The Morgan fingerprint density at radius 2 is 1.81 bits per heavy atom. The average Bonchev–Trinajstić information content (AvgIpc) is 3.69. The van der Waals surface area contributed by atoms with E-state index in [2.05, 4.69) is 89.4 Å². The SMILES string of the molecule is Cc1cc(C)c2c(c1)\C1=c3/ccc4cccc(C(C)C)c4/c3=N\C=C\CC1CC2(C1CC1)[C@H]1CCC1C. The minimum Gasteiger partial charge on any atom is -0.256 e. The molecule has 4 atom stereocenters. The van der Waals surface area contributed by atoms with Crippen LogP contribution in [-0.2, 0) is 5.41 Å². The molecule has 0 aromatic heterocycles. The molecular weight excluding hydrogens is 446 g/mol. The molecule has 4 aliphatic rings. The van der Waals surface area contributed by atoms with E-state index in [9.17, 15) is 0 Å². The Morgan fingerprint density at radius 1 is 0.973 bits per heavy atom. The lowest BCUT2D eigenvalue weighted by Crippen LogP contribution is -2.51. The number of aryl methyl sites for hydroxylation is 2. The summed E-state index contributed by atoms with van der Waals surface area (Å²) in [5.74, 6) is 3.57. The normalized spacial score (nSPS) is 31.8. The van der Waals surface area contributed by atoms with Crippen LogP contribution >= 0.6 is 0 Å². The highest BCUT2D eigenvalue weighted by molar-refractivity contribution is 5.87. The maximum Gasteiger partial charge on any atom is 0.0786 e. The minimum absolute atomic E-state index is 0.350. The van der Waals surface area contributed by atoms with E-state index < -0.39 is 0 Å². The Hall–Kier alpha value is -2.67. The smallest absolute Gasteiger partial charge is 0.0786 e. The maximum atomic E-state index is 5.18. The van der Waals surface area contributed by atoms with Crippen molar-refractivity contribution in [3.63, 3.8) is 0 Å². The van der Waals surface area contributed by atoms with Gasteiger partial charge in [0, 0.05) is 22.2 Å². The Kier molecular flexibility index (Phi) is 5.33. The summed E-state index contributed by atoms with van der Waals surface area (Å²) in [5.41, 5.74) is 9.56. The molecule has 1 heteroatoms. The first kappa shape index (κ1) is 23.4. The molecular formula is C36H41N. The van der Waals surface area contributed by atoms with Gasteiger partial charge in [0.25, 0.3) is 0 Å². The van der Waals surface area contributed by atoms with Gasteiger partial charge in [0.05, 0.1) is 5.36 Å². The molecule has 3 unspecified atom stereocenters. The lowest BCUT2D eigenvalue weighted by Gasteiger charge is -2.55. The van der Waals surface area contributed by atoms with Crippen LogP contribution in [0.3, 0.4) is 0 Å². The lowest BCUT2D eigenvalue weighted by atomic mass is 9.48.